The molecule has 3 aromatic carbocycles. The zero-order valence-electron chi connectivity index (χ0n) is 19.3. The van der Waals surface area contributed by atoms with Gasteiger partial charge in [0.2, 0.25) is 0 Å². The van der Waals surface area contributed by atoms with Crippen molar-refractivity contribution in [1.82, 2.24) is 0 Å². The summed E-state index contributed by atoms with van der Waals surface area (Å²) in [6.07, 6.45) is 1.69. The van der Waals surface area contributed by atoms with E-state index in [1.165, 1.54) is 36.3 Å². The molecule has 1 fully saturated rings. The highest BCUT2D eigenvalue weighted by Gasteiger charge is 2.33. The predicted octanol–water partition coefficient (Wildman–Crippen LogP) is 5.27. The van der Waals surface area contributed by atoms with E-state index in [9.17, 15) is 14.0 Å². The van der Waals surface area contributed by atoms with Gasteiger partial charge in [-0.3, -0.25) is 14.5 Å². The lowest BCUT2D eigenvalue weighted by atomic mass is 10.2. The number of benzene rings is 3. The van der Waals surface area contributed by atoms with Crippen molar-refractivity contribution in [3.8, 4) is 17.2 Å². The quantitative estimate of drug-likeness (QED) is 0.318. The van der Waals surface area contributed by atoms with E-state index < -0.39 is 5.82 Å². The summed E-state index contributed by atoms with van der Waals surface area (Å²) in [4.78, 5) is 27.0. The average Bonchev–Trinajstić information content (AvgIpc) is 3.16. The van der Waals surface area contributed by atoms with Crippen molar-refractivity contribution in [2.24, 2.45) is 0 Å². The molecule has 1 aliphatic heterocycles. The monoisotopic (exact) mass is 524 g/mol. The molecule has 1 saturated heterocycles. The maximum absolute atomic E-state index is 13.3. The van der Waals surface area contributed by atoms with Gasteiger partial charge in [0, 0.05) is 11.8 Å². The first-order chi connectivity index (χ1) is 17.4. The highest BCUT2D eigenvalue weighted by Crippen LogP contribution is 2.37. The zero-order chi connectivity index (χ0) is 25.7. The second-order valence-electron chi connectivity index (χ2n) is 7.47. The highest BCUT2D eigenvalue weighted by molar-refractivity contribution is 8.27. The smallest absolute Gasteiger partial charge is 0.270 e. The van der Waals surface area contributed by atoms with Gasteiger partial charge in [-0.2, -0.15) is 0 Å². The molecule has 0 atom stereocenters. The summed E-state index contributed by atoms with van der Waals surface area (Å²) in [6, 6.07) is 17.6. The molecule has 10 heteroatoms. The van der Waals surface area contributed by atoms with Gasteiger partial charge in [-0.15, -0.1) is 0 Å². The molecular weight excluding hydrogens is 503 g/mol. The van der Waals surface area contributed by atoms with E-state index in [0.717, 1.165) is 11.8 Å². The number of nitrogens with zero attached hydrogens (tertiary/aromatic N) is 1. The number of ether oxygens (including phenoxy) is 3. The van der Waals surface area contributed by atoms with Crippen molar-refractivity contribution in [3.63, 3.8) is 0 Å². The van der Waals surface area contributed by atoms with Crippen molar-refractivity contribution in [2.75, 3.05) is 31.0 Å². The molecule has 0 spiro atoms. The van der Waals surface area contributed by atoms with Crippen LogP contribution in [0.25, 0.3) is 6.08 Å². The second kappa shape index (κ2) is 11.2. The fourth-order valence-electron chi connectivity index (χ4n) is 3.37. The van der Waals surface area contributed by atoms with Gasteiger partial charge in [0.05, 0.1) is 24.8 Å². The number of rotatable bonds is 8. The number of hydrogen-bond donors (Lipinski definition) is 1. The van der Waals surface area contributed by atoms with Gasteiger partial charge in [0.25, 0.3) is 11.8 Å². The van der Waals surface area contributed by atoms with Crippen LogP contribution in [0.2, 0.25) is 0 Å². The van der Waals surface area contributed by atoms with Crippen LogP contribution in [-0.2, 0) is 9.59 Å². The fraction of sp³-hybridized carbons (Fsp3) is 0.115. The lowest BCUT2D eigenvalue weighted by Gasteiger charge is -2.14. The third kappa shape index (κ3) is 5.84. The molecule has 7 nitrogen and oxygen atoms in total. The summed E-state index contributed by atoms with van der Waals surface area (Å²) in [7, 11) is 3.03. The number of thiocarbonyl (C=S) groups is 1. The molecule has 2 amide bonds. The number of carbonyl (C=O) groups is 2. The Hall–Kier alpha value is -3.89. The molecule has 4 rings (SSSR count). The van der Waals surface area contributed by atoms with Gasteiger partial charge in [-0.1, -0.05) is 36.1 Å². The Balaban J connectivity index is 1.44. The first kappa shape index (κ1) is 25.2. The van der Waals surface area contributed by atoms with Crippen LogP contribution in [0.4, 0.5) is 15.8 Å². The lowest BCUT2D eigenvalue weighted by Crippen LogP contribution is -2.27. The number of thioether (sulfide) groups is 1. The molecule has 36 heavy (non-hydrogen) atoms. The van der Waals surface area contributed by atoms with Crippen molar-refractivity contribution < 1.29 is 28.2 Å². The predicted molar refractivity (Wildman–Crippen MR) is 142 cm³/mol. The number of hydrogen-bond acceptors (Lipinski definition) is 7. The minimum Gasteiger partial charge on any atom is -0.497 e. The lowest BCUT2D eigenvalue weighted by molar-refractivity contribution is -0.118. The molecule has 0 saturated carbocycles. The molecule has 0 bridgehead atoms. The molecule has 0 unspecified atom stereocenters. The molecule has 1 aliphatic rings. The van der Waals surface area contributed by atoms with Crippen LogP contribution >= 0.6 is 24.0 Å². The normalized spacial score (nSPS) is 14.2. The molecule has 1 heterocycles. The number of halogens is 1. The summed E-state index contributed by atoms with van der Waals surface area (Å²) >= 11 is 6.51. The van der Waals surface area contributed by atoms with Gasteiger partial charge in [-0.25, -0.2) is 4.39 Å². The summed E-state index contributed by atoms with van der Waals surface area (Å²) in [5, 5.41) is 2.74. The van der Waals surface area contributed by atoms with Crippen LogP contribution in [-0.4, -0.2) is 37.0 Å². The summed E-state index contributed by atoms with van der Waals surface area (Å²) in [6.45, 7) is -0.233. The Morgan fingerprint density at radius 1 is 1.06 bits per heavy atom. The van der Waals surface area contributed by atoms with E-state index in [4.69, 9.17) is 26.4 Å². The maximum Gasteiger partial charge on any atom is 0.270 e. The van der Waals surface area contributed by atoms with E-state index >= 15 is 0 Å². The first-order valence-corrected chi connectivity index (χ1v) is 11.9. The Morgan fingerprint density at radius 2 is 1.83 bits per heavy atom. The van der Waals surface area contributed by atoms with Crippen LogP contribution in [0.3, 0.4) is 0 Å². The average molecular weight is 525 g/mol. The van der Waals surface area contributed by atoms with Crippen LogP contribution < -0.4 is 24.4 Å². The highest BCUT2D eigenvalue weighted by atomic mass is 32.2. The van der Waals surface area contributed by atoms with E-state index in [-0.39, 0.29) is 18.4 Å². The number of nitrogens with one attached hydrogen (secondary N) is 1. The Kier molecular flexibility index (Phi) is 7.87. The summed E-state index contributed by atoms with van der Waals surface area (Å²) < 4.78 is 29.8. The number of carbonyl (C=O) groups excluding carboxylic acids is 2. The third-order valence-corrected chi connectivity index (χ3v) is 6.38. The molecule has 3 aromatic rings. The summed E-state index contributed by atoms with van der Waals surface area (Å²) in [5.74, 6) is 0.345. The van der Waals surface area contributed by atoms with Crippen LogP contribution in [0.5, 0.6) is 17.2 Å². The Labute approximate surface area is 216 Å². The van der Waals surface area contributed by atoms with Crippen molar-refractivity contribution in [2.45, 2.75) is 0 Å². The zero-order valence-corrected chi connectivity index (χ0v) is 21.0. The van der Waals surface area contributed by atoms with Gasteiger partial charge >= 0.3 is 0 Å². The number of anilines is 2. The van der Waals surface area contributed by atoms with Gasteiger partial charge < -0.3 is 19.5 Å². The van der Waals surface area contributed by atoms with E-state index in [0.29, 0.717) is 43.4 Å². The topological polar surface area (TPSA) is 77.1 Å². The van der Waals surface area contributed by atoms with Crippen LogP contribution in [0, 0.1) is 5.82 Å². The van der Waals surface area contributed by atoms with Crippen molar-refractivity contribution in [3.05, 3.63) is 83.0 Å². The fourth-order valence-corrected chi connectivity index (χ4v) is 4.67. The van der Waals surface area contributed by atoms with Crippen molar-refractivity contribution >= 4 is 57.6 Å². The van der Waals surface area contributed by atoms with Gasteiger partial charge in [0.15, 0.2) is 22.4 Å². The molecule has 184 valence electrons. The standard InChI is InChI=1S/C26H21FN2O5S2/c1-32-20-5-3-4-18(14-20)28-24(30)15-34-21-11-6-16(12-22(21)33-2)13-23-25(31)29(26(35)36-23)19-9-7-17(27)8-10-19/h3-14H,15H2,1-2H3,(H,28,30)/b23-13-. The molecule has 0 aromatic heterocycles. The Morgan fingerprint density at radius 3 is 2.56 bits per heavy atom. The maximum atomic E-state index is 13.3. The van der Waals surface area contributed by atoms with Crippen LogP contribution in [0.15, 0.2) is 71.6 Å². The molecule has 0 aliphatic carbocycles. The van der Waals surface area contributed by atoms with Gasteiger partial charge in [-0.05, 0) is 60.2 Å². The molecular formula is C26H21FN2O5S2. The van der Waals surface area contributed by atoms with Crippen LogP contribution in [0.1, 0.15) is 5.56 Å². The Bertz CT molecular complexity index is 1340. The molecule has 0 radical (unpaired) electrons. The van der Waals surface area contributed by atoms with E-state index in [2.05, 4.69) is 5.32 Å². The molecule has 1 N–H and O–H groups in total. The number of methoxy groups -OCH3 is 2. The minimum absolute atomic E-state index is 0.233. The van der Waals surface area contributed by atoms with E-state index in [1.807, 2.05) is 0 Å². The minimum atomic E-state index is -0.396. The second-order valence-corrected chi connectivity index (χ2v) is 9.15. The van der Waals surface area contributed by atoms with E-state index in [1.54, 1.807) is 55.7 Å². The largest absolute Gasteiger partial charge is 0.497 e. The van der Waals surface area contributed by atoms with Gasteiger partial charge in [0.1, 0.15) is 11.6 Å². The van der Waals surface area contributed by atoms with Crippen molar-refractivity contribution in [1.29, 1.82) is 0 Å². The summed E-state index contributed by atoms with van der Waals surface area (Å²) in [5.41, 5.74) is 1.76. The SMILES string of the molecule is COc1cccc(NC(=O)COc2ccc(/C=C3\SC(=S)N(c4ccc(F)cc4)C3=O)cc2OC)c1. The number of amides is 2. The first-order valence-electron chi connectivity index (χ1n) is 10.7. The third-order valence-electron chi connectivity index (χ3n) is 5.08.